The summed E-state index contributed by atoms with van der Waals surface area (Å²) in [6.45, 7) is 4.66. The van der Waals surface area contributed by atoms with Crippen molar-refractivity contribution >= 4 is 17.2 Å². The zero-order chi connectivity index (χ0) is 14.5. The summed E-state index contributed by atoms with van der Waals surface area (Å²) in [4.78, 5) is 13.2. The molecule has 0 saturated carbocycles. The van der Waals surface area contributed by atoms with Crippen LogP contribution in [0.1, 0.15) is 26.4 Å². The lowest BCUT2D eigenvalue weighted by atomic mass is 10.1. The molecule has 0 aliphatic heterocycles. The van der Waals surface area contributed by atoms with Gasteiger partial charge in [0.2, 0.25) is 0 Å². The quantitative estimate of drug-likeness (QED) is 0.916. The maximum absolute atomic E-state index is 12.0. The van der Waals surface area contributed by atoms with Crippen LogP contribution in [0.15, 0.2) is 29.6 Å². The highest BCUT2D eigenvalue weighted by Crippen LogP contribution is 2.20. The van der Waals surface area contributed by atoms with Crippen molar-refractivity contribution in [3.63, 3.8) is 0 Å². The molecule has 0 atom stereocenters. The largest absolute Gasteiger partial charge is 0.497 e. The minimum absolute atomic E-state index is 0.0142. The van der Waals surface area contributed by atoms with Crippen LogP contribution < -0.4 is 10.1 Å². The molecule has 0 radical (unpaired) electrons. The van der Waals surface area contributed by atoms with Crippen LogP contribution in [0.4, 0.5) is 0 Å². The molecule has 1 aromatic heterocycles. The number of benzene rings is 1. The zero-order valence-electron chi connectivity index (χ0n) is 12.0. The Balaban J connectivity index is 1.86. The predicted octanol–water partition coefficient (Wildman–Crippen LogP) is 3.35. The second-order valence-corrected chi connectivity index (χ2v) is 5.77. The summed E-state index contributed by atoms with van der Waals surface area (Å²) in [7, 11) is 1.65. The lowest BCUT2D eigenvalue weighted by Crippen LogP contribution is -2.25. The second-order valence-electron chi connectivity index (χ2n) is 4.68. The van der Waals surface area contributed by atoms with Gasteiger partial charge in [-0.25, -0.2) is 0 Å². The highest BCUT2D eigenvalue weighted by molar-refractivity contribution is 7.10. The molecule has 0 aliphatic carbocycles. The molecule has 1 aromatic carbocycles. The summed E-state index contributed by atoms with van der Waals surface area (Å²) < 4.78 is 5.12. The summed E-state index contributed by atoms with van der Waals surface area (Å²) >= 11 is 1.62. The first-order valence-corrected chi connectivity index (χ1v) is 7.45. The van der Waals surface area contributed by atoms with Gasteiger partial charge in [0.25, 0.3) is 5.91 Å². The van der Waals surface area contributed by atoms with E-state index in [1.54, 1.807) is 18.4 Å². The first-order chi connectivity index (χ1) is 9.61. The highest BCUT2D eigenvalue weighted by Gasteiger charge is 2.11. The molecule has 0 aliphatic rings. The Morgan fingerprint density at radius 1 is 1.25 bits per heavy atom. The van der Waals surface area contributed by atoms with Gasteiger partial charge in [0.15, 0.2) is 0 Å². The maximum atomic E-state index is 12.0. The van der Waals surface area contributed by atoms with E-state index in [2.05, 4.69) is 5.32 Å². The average molecular weight is 289 g/mol. The lowest BCUT2D eigenvalue weighted by Gasteiger charge is -2.06. The summed E-state index contributed by atoms with van der Waals surface area (Å²) in [6.07, 6.45) is 0.817. The molecular formula is C16H19NO2S. The van der Waals surface area contributed by atoms with Gasteiger partial charge in [0.05, 0.1) is 12.7 Å². The fourth-order valence-corrected chi connectivity index (χ4v) is 2.81. The van der Waals surface area contributed by atoms with Gasteiger partial charge in [-0.15, -0.1) is 11.3 Å². The van der Waals surface area contributed by atoms with Gasteiger partial charge in [-0.05, 0) is 43.5 Å². The van der Waals surface area contributed by atoms with Gasteiger partial charge in [0, 0.05) is 16.8 Å². The van der Waals surface area contributed by atoms with E-state index in [-0.39, 0.29) is 5.91 Å². The molecule has 1 heterocycles. The van der Waals surface area contributed by atoms with Gasteiger partial charge < -0.3 is 10.1 Å². The number of methoxy groups -OCH3 is 1. The van der Waals surface area contributed by atoms with Crippen molar-refractivity contribution in [2.75, 3.05) is 13.7 Å². The van der Waals surface area contributed by atoms with Crippen LogP contribution in [0, 0.1) is 13.8 Å². The van der Waals surface area contributed by atoms with Gasteiger partial charge >= 0.3 is 0 Å². The topological polar surface area (TPSA) is 38.3 Å². The Bertz CT molecular complexity index is 587. The summed E-state index contributed by atoms with van der Waals surface area (Å²) in [5.41, 5.74) is 3.06. The van der Waals surface area contributed by atoms with Crippen molar-refractivity contribution in [2.45, 2.75) is 20.3 Å². The first kappa shape index (κ1) is 14.6. The first-order valence-electron chi connectivity index (χ1n) is 6.57. The molecule has 0 spiro atoms. The van der Waals surface area contributed by atoms with Crippen molar-refractivity contribution < 1.29 is 9.53 Å². The lowest BCUT2D eigenvalue weighted by molar-refractivity contribution is 0.0954. The van der Waals surface area contributed by atoms with Crippen molar-refractivity contribution in [3.8, 4) is 5.75 Å². The SMILES string of the molecule is COc1ccc(CCNC(=O)c2csc(C)c2C)cc1. The van der Waals surface area contributed by atoms with Crippen molar-refractivity contribution in [1.82, 2.24) is 5.32 Å². The van der Waals surface area contributed by atoms with Crippen LogP contribution in [-0.4, -0.2) is 19.6 Å². The smallest absolute Gasteiger partial charge is 0.252 e. The average Bonchev–Trinajstić information content (AvgIpc) is 2.80. The Hall–Kier alpha value is -1.81. The number of ether oxygens (including phenoxy) is 1. The Morgan fingerprint density at radius 2 is 1.95 bits per heavy atom. The standard InChI is InChI=1S/C16H19NO2S/c1-11-12(2)20-10-15(11)16(18)17-9-8-13-4-6-14(19-3)7-5-13/h4-7,10H,8-9H2,1-3H3,(H,17,18). The predicted molar refractivity (Wildman–Crippen MR) is 82.8 cm³/mol. The molecule has 106 valence electrons. The van der Waals surface area contributed by atoms with Crippen molar-refractivity contribution in [3.05, 3.63) is 51.2 Å². The van der Waals surface area contributed by atoms with Crippen molar-refractivity contribution in [1.29, 1.82) is 0 Å². The number of carbonyl (C=O) groups excluding carboxylic acids is 1. The van der Waals surface area contributed by atoms with Crippen LogP contribution in [0.3, 0.4) is 0 Å². The third-order valence-electron chi connectivity index (χ3n) is 3.39. The molecule has 3 nitrogen and oxygen atoms in total. The third-order valence-corrected chi connectivity index (χ3v) is 4.40. The number of aryl methyl sites for hydroxylation is 1. The summed E-state index contributed by atoms with van der Waals surface area (Å²) in [5, 5.41) is 4.89. The Labute approximate surface area is 123 Å². The normalized spacial score (nSPS) is 10.3. The zero-order valence-corrected chi connectivity index (χ0v) is 12.8. The van der Waals surface area contributed by atoms with E-state index in [0.29, 0.717) is 6.54 Å². The number of carbonyl (C=O) groups is 1. The Morgan fingerprint density at radius 3 is 2.50 bits per heavy atom. The number of hydrogen-bond acceptors (Lipinski definition) is 3. The van der Waals surface area contributed by atoms with Gasteiger partial charge in [-0.2, -0.15) is 0 Å². The van der Waals surface area contributed by atoms with E-state index in [4.69, 9.17) is 4.74 Å². The molecule has 0 bridgehead atoms. The number of thiophene rings is 1. The van der Waals surface area contributed by atoms with Crippen LogP contribution in [-0.2, 0) is 6.42 Å². The summed E-state index contributed by atoms with van der Waals surface area (Å²) in [6, 6.07) is 7.91. The van der Waals surface area contributed by atoms with Crippen LogP contribution in [0.5, 0.6) is 5.75 Å². The van der Waals surface area contributed by atoms with E-state index in [9.17, 15) is 4.79 Å². The molecule has 1 N–H and O–H groups in total. The molecule has 1 amide bonds. The number of hydrogen-bond donors (Lipinski definition) is 1. The Kier molecular flexibility index (Phi) is 4.79. The minimum Gasteiger partial charge on any atom is -0.497 e. The highest BCUT2D eigenvalue weighted by atomic mass is 32.1. The van der Waals surface area contributed by atoms with Crippen LogP contribution in [0.2, 0.25) is 0 Å². The third kappa shape index (κ3) is 3.39. The van der Waals surface area contributed by atoms with Gasteiger partial charge in [0.1, 0.15) is 5.75 Å². The van der Waals surface area contributed by atoms with E-state index < -0.39 is 0 Å². The van der Waals surface area contributed by atoms with E-state index in [1.807, 2.05) is 43.5 Å². The molecule has 4 heteroatoms. The fourth-order valence-electron chi connectivity index (χ4n) is 1.95. The molecule has 0 saturated heterocycles. The van der Waals surface area contributed by atoms with E-state index >= 15 is 0 Å². The molecule has 2 aromatic rings. The fraction of sp³-hybridized carbons (Fsp3) is 0.312. The van der Waals surface area contributed by atoms with Crippen LogP contribution in [0.25, 0.3) is 0 Å². The monoisotopic (exact) mass is 289 g/mol. The molecule has 2 rings (SSSR count). The minimum atomic E-state index is 0.0142. The maximum Gasteiger partial charge on any atom is 0.252 e. The number of rotatable bonds is 5. The molecule has 20 heavy (non-hydrogen) atoms. The van der Waals surface area contributed by atoms with Gasteiger partial charge in [-0.3, -0.25) is 4.79 Å². The second kappa shape index (κ2) is 6.57. The summed E-state index contributed by atoms with van der Waals surface area (Å²) in [5.74, 6) is 0.863. The van der Waals surface area contributed by atoms with Crippen LogP contribution >= 0.6 is 11.3 Å². The molecular weight excluding hydrogens is 270 g/mol. The molecule has 0 unspecified atom stereocenters. The van der Waals surface area contributed by atoms with Crippen molar-refractivity contribution in [2.24, 2.45) is 0 Å². The van der Waals surface area contributed by atoms with Gasteiger partial charge in [-0.1, -0.05) is 12.1 Å². The van der Waals surface area contributed by atoms with E-state index in [1.165, 1.54) is 10.4 Å². The van der Waals surface area contributed by atoms with E-state index in [0.717, 1.165) is 23.3 Å². The molecule has 0 fully saturated rings. The number of amides is 1. The number of nitrogens with one attached hydrogen (secondary N) is 1.